The van der Waals surface area contributed by atoms with E-state index >= 15 is 0 Å². The van der Waals surface area contributed by atoms with Gasteiger partial charge in [-0.1, -0.05) is 6.92 Å². The van der Waals surface area contributed by atoms with Crippen LogP contribution >= 0.6 is 0 Å². The predicted molar refractivity (Wildman–Crippen MR) is 51.2 cm³/mol. The van der Waals surface area contributed by atoms with Crippen molar-refractivity contribution < 1.29 is 0 Å². The van der Waals surface area contributed by atoms with Crippen molar-refractivity contribution in [2.45, 2.75) is 13.3 Å². The first kappa shape index (κ1) is 7.98. The molecule has 0 aromatic carbocycles. The lowest BCUT2D eigenvalue weighted by molar-refractivity contribution is 1.09. The van der Waals surface area contributed by atoms with Crippen molar-refractivity contribution in [2.75, 3.05) is 0 Å². The largest absolute Gasteiger partial charge is 0.285 e. The second-order valence-corrected chi connectivity index (χ2v) is 2.92. The smallest absolute Gasteiger partial charge is 0.0566 e. The molecule has 1 N–H and O–H groups in total. The molecule has 0 aliphatic carbocycles. The number of nitrogens with zero attached hydrogens (tertiary/aromatic N) is 2. The molecule has 0 amide bonds. The fourth-order valence-electron chi connectivity index (χ4n) is 1.25. The Morgan fingerprint density at radius 2 is 2.15 bits per heavy atom. The van der Waals surface area contributed by atoms with Gasteiger partial charge in [-0.05, 0) is 18.1 Å². The SMILES string of the molecule is CCc1cncc(-c2cn[nH]c2)c1. The number of H-pyrrole nitrogens is 1. The maximum atomic E-state index is 4.17. The Bertz CT molecular complexity index is 379. The lowest BCUT2D eigenvalue weighted by Gasteiger charge is -1.98. The lowest BCUT2D eigenvalue weighted by atomic mass is 10.1. The van der Waals surface area contributed by atoms with E-state index in [1.54, 1.807) is 6.20 Å². The van der Waals surface area contributed by atoms with Gasteiger partial charge >= 0.3 is 0 Å². The zero-order valence-corrected chi connectivity index (χ0v) is 7.49. The summed E-state index contributed by atoms with van der Waals surface area (Å²) >= 11 is 0. The summed E-state index contributed by atoms with van der Waals surface area (Å²) in [6.45, 7) is 2.12. The number of aromatic amines is 1. The molecular weight excluding hydrogens is 162 g/mol. The molecule has 0 fully saturated rings. The Kier molecular flexibility index (Phi) is 2.08. The van der Waals surface area contributed by atoms with E-state index in [4.69, 9.17) is 0 Å². The van der Waals surface area contributed by atoms with Crippen molar-refractivity contribution in [1.82, 2.24) is 15.2 Å². The van der Waals surface area contributed by atoms with Gasteiger partial charge in [-0.2, -0.15) is 5.10 Å². The van der Waals surface area contributed by atoms with Crippen LogP contribution in [0.3, 0.4) is 0 Å². The number of hydrogen-bond donors (Lipinski definition) is 1. The van der Waals surface area contributed by atoms with Crippen LogP contribution in [0.5, 0.6) is 0 Å². The number of aryl methyl sites for hydroxylation is 1. The minimum absolute atomic E-state index is 1.01. The zero-order valence-electron chi connectivity index (χ0n) is 7.49. The molecule has 0 radical (unpaired) electrons. The van der Waals surface area contributed by atoms with Crippen LogP contribution in [0.15, 0.2) is 30.9 Å². The van der Waals surface area contributed by atoms with E-state index < -0.39 is 0 Å². The highest BCUT2D eigenvalue weighted by atomic mass is 15.1. The maximum absolute atomic E-state index is 4.17. The molecule has 66 valence electrons. The van der Waals surface area contributed by atoms with E-state index in [1.807, 2.05) is 18.6 Å². The average molecular weight is 173 g/mol. The first-order valence-electron chi connectivity index (χ1n) is 4.33. The average Bonchev–Trinajstić information content (AvgIpc) is 2.71. The van der Waals surface area contributed by atoms with E-state index in [1.165, 1.54) is 5.56 Å². The molecule has 2 heterocycles. The number of pyridine rings is 1. The highest BCUT2D eigenvalue weighted by molar-refractivity contribution is 5.60. The van der Waals surface area contributed by atoms with Crippen molar-refractivity contribution in [3.63, 3.8) is 0 Å². The summed E-state index contributed by atoms with van der Waals surface area (Å²) in [5.41, 5.74) is 3.45. The van der Waals surface area contributed by atoms with E-state index in [2.05, 4.69) is 28.2 Å². The lowest BCUT2D eigenvalue weighted by Crippen LogP contribution is -1.84. The van der Waals surface area contributed by atoms with Gasteiger partial charge in [-0.25, -0.2) is 0 Å². The standard InChI is InChI=1S/C10H11N3/c1-2-8-3-9(5-11-4-8)10-6-12-13-7-10/h3-7H,2H2,1H3,(H,12,13). The second kappa shape index (κ2) is 3.39. The van der Waals surface area contributed by atoms with Gasteiger partial charge in [0.15, 0.2) is 0 Å². The topological polar surface area (TPSA) is 41.6 Å². The summed E-state index contributed by atoms with van der Waals surface area (Å²) in [6, 6.07) is 2.14. The third kappa shape index (κ3) is 1.59. The fourth-order valence-corrected chi connectivity index (χ4v) is 1.25. The highest BCUT2D eigenvalue weighted by Gasteiger charge is 1.99. The fraction of sp³-hybridized carbons (Fsp3) is 0.200. The number of nitrogens with one attached hydrogen (secondary N) is 1. The summed E-state index contributed by atoms with van der Waals surface area (Å²) < 4.78 is 0. The van der Waals surface area contributed by atoms with Gasteiger partial charge in [-0.3, -0.25) is 10.1 Å². The first-order chi connectivity index (χ1) is 6.40. The molecule has 0 unspecified atom stereocenters. The third-order valence-corrected chi connectivity index (χ3v) is 2.03. The summed E-state index contributed by atoms with van der Waals surface area (Å²) in [7, 11) is 0. The van der Waals surface area contributed by atoms with E-state index in [9.17, 15) is 0 Å². The summed E-state index contributed by atoms with van der Waals surface area (Å²) in [4.78, 5) is 4.17. The molecule has 0 saturated heterocycles. The zero-order chi connectivity index (χ0) is 9.10. The van der Waals surface area contributed by atoms with Crippen LogP contribution in [-0.2, 0) is 6.42 Å². The van der Waals surface area contributed by atoms with Gasteiger partial charge in [0.05, 0.1) is 6.20 Å². The maximum Gasteiger partial charge on any atom is 0.0566 e. The monoisotopic (exact) mass is 173 g/mol. The predicted octanol–water partition coefficient (Wildman–Crippen LogP) is 2.03. The molecule has 0 saturated carbocycles. The Hall–Kier alpha value is -1.64. The number of hydrogen-bond acceptors (Lipinski definition) is 2. The number of aromatic nitrogens is 3. The van der Waals surface area contributed by atoms with Crippen LogP contribution in [0.1, 0.15) is 12.5 Å². The van der Waals surface area contributed by atoms with Crippen LogP contribution in [0.25, 0.3) is 11.1 Å². The van der Waals surface area contributed by atoms with E-state index in [-0.39, 0.29) is 0 Å². The minimum Gasteiger partial charge on any atom is -0.285 e. The molecule has 13 heavy (non-hydrogen) atoms. The van der Waals surface area contributed by atoms with Crippen molar-refractivity contribution in [2.24, 2.45) is 0 Å². The van der Waals surface area contributed by atoms with Crippen molar-refractivity contribution in [1.29, 1.82) is 0 Å². The molecule has 3 heteroatoms. The normalized spacial score (nSPS) is 10.2. The molecule has 2 aromatic rings. The molecule has 0 aliphatic rings. The Balaban J connectivity index is 2.41. The summed E-state index contributed by atoms with van der Waals surface area (Å²) in [6.07, 6.45) is 8.43. The Morgan fingerprint density at radius 1 is 1.23 bits per heavy atom. The van der Waals surface area contributed by atoms with Gasteiger partial charge in [0, 0.05) is 29.7 Å². The molecule has 0 spiro atoms. The quantitative estimate of drug-likeness (QED) is 0.755. The van der Waals surface area contributed by atoms with Crippen molar-refractivity contribution in [3.05, 3.63) is 36.4 Å². The van der Waals surface area contributed by atoms with Crippen molar-refractivity contribution >= 4 is 0 Å². The van der Waals surface area contributed by atoms with Crippen LogP contribution in [0.4, 0.5) is 0 Å². The van der Waals surface area contributed by atoms with Crippen LogP contribution < -0.4 is 0 Å². The van der Waals surface area contributed by atoms with Gasteiger partial charge in [0.1, 0.15) is 0 Å². The first-order valence-corrected chi connectivity index (χ1v) is 4.33. The third-order valence-electron chi connectivity index (χ3n) is 2.03. The molecule has 2 aromatic heterocycles. The molecule has 0 atom stereocenters. The van der Waals surface area contributed by atoms with Crippen LogP contribution in [-0.4, -0.2) is 15.2 Å². The highest BCUT2D eigenvalue weighted by Crippen LogP contribution is 2.17. The van der Waals surface area contributed by atoms with Gasteiger partial charge in [0.2, 0.25) is 0 Å². The van der Waals surface area contributed by atoms with Crippen LogP contribution in [0, 0.1) is 0 Å². The van der Waals surface area contributed by atoms with Crippen LogP contribution in [0.2, 0.25) is 0 Å². The molecule has 2 rings (SSSR count). The van der Waals surface area contributed by atoms with E-state index in [0.717, 1.165) is 17.5 Å². The van der Waals surface area contributed by atoms with Gasteiger partial charge in [0.25, 0.3) is 0 Å². The molecule has 0 bridgehead atoms. The summed E-state index contributed by atoms with van der Waals surface area (Å²) in [5.74, 6) is 0. The molecule has 0 aliphatic heterocycles. The van der Waals surface area contributed by atoms with E-state index in [0.29, 0.717) is 0 Å². The molecule has 3 nitrogen and oxygen atoms in total. The minimum atomic E-state index is 1.01. The van der Waals surface area contributed by atoms with Gasteiger partial charge < -0.3 is 0 Å². The van der Waals surface area contributed by atoms with Crippen molar-refractivity contribution in [3.8, 4) is 11.1 Å². The second-order valence-electron chi connectivity index (χ2n) is 2.92. The Labute approximate surface area is 76.8 Å². The Morgan fingerprint density at radius 3 is 2.85 bits per heavy atom. The molecular formula is C10H11N3. The summed E-state index contributed by atoms with van der Waals surface area (Å²) in [5, 5.41) is 6.69. The number of rotatable bonds is 2. The van der Waals surface area contributed by atoms with Gasteiger partial charge in [-0.15, -0.1) is 0 Å².